The number of halogens is 2. The van der Waals surface area contributed by atoms with Crippen molar-refractivity contribution in [2.24, 2.45) is 5.73 Å². The molecule has 0 radical (unpaired) electrons. The summed E-state index contributed by atoms with van der Waals surface area (Å²) in [5.74, 6) is -0.172. The Morgan fingerprint density at radius 1 is 1.15 bits per heavy atom. The molecule has 2 nitrogen and oxygen atoms in total. The van der Waals surface area contributed by atoms with Crippen LogP contribution in [0.2, 0.25) is 0 Å². The van der Waals surface area contributed by atoms with Crippen molar-refractivity contribution in [2.45, 2.75) is 13.0 Å². The topological polar surface area (TPSA) is 29.3 Å². The Kier molecular flexibility index (Phi) is 5.15. The van der Waals surface area contributed by atoms with Crippen molar-refractivity contribution in [2.75, 3.05) is 18.5 Å². The van der Waals surface area contributed by atoms with Crippen LogP contribution < -0.4 is 10.6 Å². The van der Waals surface area contributed by atoms with Crippen LogP contribution in [0.4, 0.5) is 10.1 Å². The monoisotopic (exact) mass is 336 g/mol. The lowest BCUT2D eigenvalue weighted by molar-refractivity contribution is 0.608. The number of hydrogen-bond donors (Lipinski definition) is 1. The molecule has 0 fully saturated rings. The van der Waals surface area contributed by atoms with Crippen molar-refractivity contribution in [3.05, 3.63) is 63.9 Å². The highest BCUT2D eigenvalue weighted by molar-refractivity contribution is 9.10. The van der Waals surface area contributed by atoms with Gasteiger partial charge in [0.15, 0.2) is 0 Å². The average Bonchev–Trinajstić information content (AvgIpc) is 2.43. The van der Waals surface area contributed by atoms with Crippen LogP contribution in [0.1, 0.15) is 11.1 Å². The number of benzene rings is 2. The Morgan fingerprint density at radius 3 is 2.60 bits per heavy atom. The third-order valence-electron chi connectivity index (χ3n) is 3.24. The van der Waals surface area contributed by atoms with Gasteiger partial charge in [-0.05, 0) is 36.7 Å². The average molecular weight is 337 g/mol. The summed E-state index contributed by atoms with van der Waals surface area (Å²) >= 11 is 3.48. The third kappa shape index (κ3) is 3.58. The highest BCUT2D eigenvalue weighted by Crippen LogP contribution is 2.26. The number of nitrogens with two attached hydrogens (primary N) is 1. The normalized spacial score (nSPS) is 10.6. The number of rotatable bonds is 5. The van der Waals surface area contributed by atoms with E-state index >= 15 is 0 Å². The first kappa shape index (κ1) is 15.0. The van der Waals surface area contributed by atoms with E-state index in [1.54, 1.807) is 6.07 Å². The van der Waals surface area contributed by atoms with E-state index in [0.717, 1.165) is 16.6 Å². The first-order valence-corrected chi connectivity index (χ1v) is 7.34. The molecule has 2 aromatic carbocycles. The van der Waals surface area contributed by atoms with Crippen molar-refractivity contribution in [1.82, 2.24) is 0 Å². The molecule has 2 N–H and O–H groups in total. The molecule has 20 heavy (non-hydrogen) atoms. The quantitative estimate of drug-likeness (QED) is 0.901. The zero-order chi connectivity index (χ0) is 14.5. The van der Waals surface area contributed by atoms with Gasteiger partial charge in [-0.2, -0.15) is 0 Å². The maximum Gasteiger partial charge on any atom is 0.128 e. The molecule has 0 bridgehead atoms. The van der Waals surface area contributed by atoms with Crippen LogP contribution in [0.3, 0.4) is 0 Å². The summed E-state index contributed by atoms with van der Waals surface area (Å²) in [6, 6.07) is 13.0. The van der Waals surface area contributed by atoms with Gasteiger partial charge in [0.2, 0.25) is 0 Å². The van der Waals surface area contributed by atoms with Gasteiger partial charge in [-0.1, -0.05) is 40.2 Å². The molecule has 0 heterocycles. The molecule has 0 amide bonds. The Balaban J connectivity index is 2.26. The molecule has 4 heteroatoms. The lowest BCUT2D eigenvalue weighted by atomic mass is 10.1. The molecule has 0 aliphatic rings. The minimum Gasteiger partial charge on any atom is -0.370 e. The van der Waals surface area contributed by atoms with E-state index in [1.165, 1.54) is 11.6 Å². The van der Waals surface area contributed by atoms with Gasteiger partial charge in [0, 0.05) is 29.3 Å². The van der Waals surface area contributed by atoms with Crippen LogP contribution >= 0.6 is 15.9 Å². The fraction of sp³-hybridized carbons (Fsp3) is 0.250. The van der Waals surface area contributed by atoms with Gasteiger partial charge >= 0.3 is 0 Å². The highest BCUT2D eigenvalue weighted by atomic mass is 79.9. The van der Waals surface area contributed by atoms with Gasteiger partial charge in [0.05, 0.1) is 0 Å². The standard InChI is InChI=1S/C16H18BrFN2/c1-20(11-13-4-2-3-5-15(13)18)16-10-14(17)7-6-12(16)8-9-19/h2-7,10H,8-9,11,19H2,1H3. The molecule has 0 aliphatic carbocycles. The molecule has 2 aromatic rings. The van der Waals surface area contributed by atoms with Crippen LogP contribution in [0.5, 0.6) is 0 Å². The zero-order valence-electron chi connectivity index (χ0n) is 11.4. The maximum atomic E-state index is 13.7. The van der Waals surface area contributed by atoms with E-state index in [4.69, 9.17) is 5.73 Å². The maximum absolute atomic E-state index is 13.7. The van der Waals surface area contributed by atoms with Crippen molar-refractivity contribution < 1.29 is 4.39 Å². The minimum atomic E-state index is -0.172. The van der Waals surface area contributed by atoms with Crippen LogP contribution in [0.15, 0.2) is 46.9 Å². The SMILES string of the molecule is CN(Cc1ccccc1F)c1cc(Br)ccc1CCN. The molecule has 106 valence electrons. The molecule has 2 rings (SSSR count). The molecule has 0 saturated carbocycles. The molecule has 0 aliphatic heterocycles. The highest BCUT2D eigenvalue weighted by Gasteiger charge is 2.10. The summed E-state index contributed by atoms with van der Waals surface area (Å²) in [5.41, 5.74) is 8.60. The van der Waals surface area contributed by atoms with E-state index in [9.17, 15) is 4.39 Å². The molecule has 0 saturated heterocycles. The number of hydrogen-bond acceptors (Lipinski definition) is 2. The van der Waals surface area contributed by atoms with Crippen LogP contribution in [-0.4, -0.2) is 13.6 Å². The zero-order valence-corrected chi connectivity index (χ0v) is 13.0. The van der Waals surface area contributed by atoms with Gasteiger partial charge in [-0.25, -0.2) is 4.39 Å². The first-order chi connectivity index (χ1) is 9.61. The van der Waals surface area contributed by atoms with E-state index in [0.29, 0.717) is 18.7 Å². The van der Waals surface area contributed by atoms with Crippen molar-refractivity contribution in [3.63, 3.8) is 0 Å². The first-order valence-electron chi connectivity index (χ1n) is 6.55. The van der Waals surface area contributed by atoms with Crippen molar-refractivity contribution in [3.8, 4) is 0 Å². The van der Waals surface area contributed by atoms with Gasteiger partial charge in [-0.3, -0.25) is 0 Å². The molecule has 0 unspecified atom stereocenters. The van der Waals surface area contributed by atoms with Gasteiger partial charge < -0.3 is 10.6 Å². The summed E-state index contributed by atoms with van der Waals surface area (Å²) in [7, 11) is 1.97. The van der Waals surface area contributed by atoms with Crippen LogP contribution in [0.25, 0.3) is 0 Å². The minimum absolute atomic E-state index is 0.172. The smallest absolute Gasteiger partial charge is 0.128 e. The summed E-state index contributed by atoms with van der Waals surface area (Å²) < 4.78 is 14.7. The second-order valence-corrected chi connectivity index (χ2v) is 5.67. The predicted octanol–water partition coefficient (Wildman–Crippen LogP) is 3.73. The molecule has 0 aromatic heterocycles. The second kappa shape index (κ2) is 6.86. The summed E-state index contributed by atoms with van der Waals surface area (Å²) in [5, 5.41) is 0. The Bertz CT molecular complexity index is 586. The fourth-order valence-corrected chi connectivity index (χ4v) is 2.58. The largest absolute Gasteiger partial charge is 0.370 e. The van der Waals surface area contributed by atoms with Gasteiger partial charge in [0.1, 0.15) is 5.82 Å². The van der Waals surface area contributed by atoms with Crippen molar-refractivity contribution >= 4 is 21.6 Å². The van der Waals surface area contributed by atoms with E-state index in [1.807, 2.05) is 36.2 Å². The molecule has 0 atom stereocenters. The number of anilines is 1. The summed E-state index contributed by atoms with van der Waals surface area (Å²) in [6.45, 7) is 1.13. The molecular weight excluding hydrogens is 319 g/mol. The van der Waals surface area contributed by atoms with E-state index in [-0.39, 0.29) is 5.82 Å². The van der Waals surface area contributed by atoms with E-state index in [2.05, 4.69) is 22.0 Å². The lowest BCUT2D eigenvalue weighted by Gasteiger charge is -2.23. The van der Waals surface area contributed by atoms with Gasteiger partial charge in [-0.15, -0.1) is 0 Å². The lowest BCUT2D eigenvalue weighted by Crippen LogP contribution is -2.19. The second-order valence-electron chi connectivity index (χ2n) is 4.76. The fourth-order valence-electron chi connectivity index (χ4n) is 2.23. The Hall–Kier alpha value is -1.39. The Morgan fingerprint density at radius 2 is 1.90 bits per heavy atom. The van der Waals surface area contributed by atoms with Gasteiger partial charge in [0.25, 0.3) is 0 Å². The summed E-state index contributed by atoms with van der Waals surface area (Å²) in [6.07, 6.45) is 0.810. The molecular formula is C16H18BrFN2. The molecule has 0 spiro atoms. The van der Waals surface area contributed by atoms with Crippen LogP contribution in [0, 0.1) is 5.82 Å². The number of nitrogens with zero attached hydrogens (tertiary/aromatic N) is 1. The summed E-state index contributed by atoms with van der Waals surface area (Å²) in [4.78, 5) is 2.05. The Labute approximate surface area is 127 Å². The van der Waals surface area contributed by atoms with Crippen molar-refractivity contribution in [1.29, 1.82) is 0 Å². The van der Waals surface area contributed by atoms with Crippen LogP contribution in [-0.2, 0) is 13.0 Å². The predicted molar refractivity (Wildman–Crippen MR) is 85.4 cm³/mol. The van der Waals surface area contributed by atoms with E-state index < -0.39 is 0 Å². The third-order valence-corrected chi connectivity index (χ3v) is 3.73.